The van der Waals surface area contributed by atoms with E-state index in [2.05, 4.69) is 55.4 Å². The van der Waals surface area contributed by atoms with Crippen LogP contribution in [0.4, 0.5) is 0 Å². The van der Waals surface area contributed by atoms with Crippen molar-refractivity contribution in [2.45, 2.75) is 95.4 Å². The quantitative estimate of drug-likeness (QED) is 0.643. The molecule has 0 spiro atoms. The molecule has 3 aliphatic heterocycles. The second-order valence-electron chi connectivity index (χ2n) is 9.67. The maximum absolute atomic E-state index is 8.47. The van der Waals surface area contributed by atoms with Gasteiger partial charge in [0.15, 0.2) is 0 Å². The fourth-order valence-electron chi connectivity index (χ4n) is 4.95. The Morgan fingerprint density at radius 3 is 2.04 bits per heavy atom. The highest BCUT2D eigenvalue weighted by atomic mass is 28.5. The van der Waals surface area contributed by atoms with Gasteiger partial charge in [-0.25, -0.2) is 0 Å². The molecular weight excluding hydrogens is 378 g/mol. The molecule has 6 nitrogen and oxygen atoms in total. The van der Waals surface area contributed by atoms with Crippen molar-refractivity contribution < 1.29 is 23.9 Å². The number of rotatable bonds is 4. The Morgan fingerprint density at radius 2 is 1.52 bits per heavy atom. The normalized spacial score (nSPS) is 39.6. The molecule has 158 valence electrons. The van der Waals surface area contributed by atoms with Crippen molar-refractivity contribution in [3.05, 3.63) is 0 Å². The first-order chi connectivity index (χ1) is 12.9. The van der Waals surface area contributed by atoms with E-state index < -0.39 is 35.4 Å². The Labute approximate surface area is 168 Å². The first-order valence-corrected chi connectivity index (χ1v) is 14.3. The molecule has 0 aromatic carbocycles. The van der Waals surface area contributed by atoms with Crippen molar-refractivity contribution in [3.63, 3.8) is 0 Å². The van der Waals surface area contributed by atoms with Crippen molar-refractivity contribution in [3.8, 4) is 0 Å². The van der Waals surface area contributed by atoms with Crippen LogP contribution in [-0.4, -0.2) is 66.8 Å². The zero-order valence-electron chi connectivity index (χ0n) is 19.4. The molecule has 0 aromatic heterocycles. The number of ether oxygens (including phenoxy) is 1. The zero-order valence-corrected chi connectivity index (χ0v) is 20.4. The molecule has 3 saturated heterocycles. The third-order valence-electron chi connectivity index (χ3n) is 6.44. The molecule has 0 N–H and O–H groups in total. The molecule has 0 amide bonds. The van der Waals surface area contributed by atoms with E-state index in [0.29, 0.717) is 13.2 Å². The summed E-state index contributed by atoms with van der Waals surface area (Å²) in [5.74, 6) is 0. The summed E-state index contributed by atoms with van der Waals surface area (Å²) in [5, 5.41) is 1.78. The molecular formula is C19H39NO5Si2. The second-order valence-corrected chi connectivity index (χ2v) is 18.5. The number of likely N-dealkylation sites (N-methyl/N-ethyl adjacent to an activating group) is 1. The molecule has 0 aliphatic carbocycles. The van der Waals surface area contributed by atoms with Gasteiger partial charge in [-0.1, -0.05) is 55.4 Å². The lowest BCUT2D eigenvalue weighted by molar-refractivity contribution is -0.255. The second kappa shape index (κ2) is 7.46. The number of hydrogen-bond donors (Lipinski definition) is 0. The van der Waals surface area contributed by atoms with Crippen LogP contribution in [-0.2, 0) is 22.5 Å². The van der Waals surface area contributed by atoms with Gasteiger partial charge in [-0.15, -0.1) is 0 Å². The van der Waals surface area contributed by atoms with E-state index in [1.165, 1.54) is 0 Å². The van der Waals surface area contributed by atoms with Crippen molar-refractivity contribution in [2.24, 2.45) is 0 Å². The monoisotopic (exact) mass is 419 g/mol. The molecule has 3 heterocycles. The van der Waals surface area contributed by atoms with Gasteiger partial charge in [0.25, 0.3) is 0 Å². The first-order valence-electron chi connectivity index (χ1n) is 11.0. The zero-order chi connectivity index (χ0) is 21.1. The largest absolute Gasteiger partial charge is 0.414 e. The van der Waals surface area contributed by atoms with Crippen molar-refractivity contribution in [1.29, 1.82) is 0 Å². The van der Waals surface area contributed by atoms with Gasteiger partial charge in [-0.2, -0.15) is 5.06 Å². The third kappa shape index (κ3) is 3.40. The predicted octanol–water partition coefficient (Wildman–Crippen LogP) is 3.96. The summed E-state index contributed by atoms with van der Waals surface area (Å²) in [6.07, 6.45) is -0.795. The van der Waals surface area contributed by atoms with Gasteiger partial charge in [0.2, 0.25) is 0 Å². The molecule has 2 bridgehead atoms. The van der Waals surface area contributed by atoms with E-state index in [0.717, 1.165) is 0 Å². The summed E-state index contributed by atoms with van der Waals surface area (Å²) in [6.45, 7) is 17.8. The lowest BCUT2D eigenvalue weighted by atomic mass is 9.95. The fourth-order valence-corrected chi connectivity index (χ4v) is 16.2. The van der Waals surface area contributed by atoms with Gasteiger partial charge in [-0.3, -0.25) is 4.84 Å². The summed E-state index contributed by atoms with van der Waals surface area (Å²) in [5.41, 5.74) is 0.389. The third-order valence-corrected chi connectivity index (χ3v) is 16.6. The van der Waals surface area contributed by atoms with Gasteiger partial charge in [-0.05, 0) is 22.2 Å². The number of nitrogens with zero attached hydrogens (tertiary/aromatic N) is 1. The van der Waals surface area contributed by atoms with Crippen LogP contribution >= 0.6 is 0 Å². The van der Waals surface area contributed by atoms with E-state index in [-0.39, 0.29) is 28.3 Å². The van der Waals surface area contributed by atoms with Crippen LogP contribution in [0.25, 0.3) is 0 Å². The highest BCUT2D eigenvalue weighted by Crippen LogP contribution is 2.50. The molecule has 1 unspecified atom stereocenters. The Bertz CT molecular complexity index is 559. The lowest BCUT2D eigenvalue weighted by Gasteiger charge is -2.55. The minimum absolute atomic E-state index is 0.249. The molecule has 3 fully saturated rings. The Kier molecular flexibility index (Phi) is 5.66. The maximum Gasteiger partial charge on any atom is 0.335 e. The van der Waals surface area contributed by atoms with E-state index in [9.17, 15) is 0 Å². The molecule has 0 aromatic rings. The molecule has 3 aliphatic rings. The molecule has 0 radical (unpaired) electrons. The summed E-state index contributed by atoms with van der Waals surface area (Å²) in [7, 11) is -3.43. The standard InChI is InChI=1S/C19H39NO5Si2/c1-13(2)26(14(3)4)22-12-19-11-20(9)23-17(10-21-19)18(19)24-27(25-26,15(5)6)16(7)8/h13-18H,10-12H2,1-9H3/t17-,18?,19-/m1/s1/i10T/t10-,17+,18?,19+/m0. The molecule has 0 saturated carbocycles. The van der Waals surface area contributed by atoms with Crippen LogP contribution in [0.2, 0.25) is 22.2 Å². The van der Waals surface area contributed by atoms with Crippen LogP contribution in [0, 0.1) is 0 Å². The molecule has 3 rings (SSSR count). The number of hydrogen-bond acceptors (Lipinski definition) is 6. The van der Waals surface area contributed by atoms with Gasteiger partial charge >= 0.3 is 17.1 Å². The van der Waals surface area contributed by atoms with Gasteiger partial charge < -0.3 is 17.7 Å². The molecule has 4 atom stereocenters. The Morgan fingerprint density at radius 1 is 0.963 bits per heavy atom. The van der Waals surface area contributed by atoms with E-state index in [4.69, 9.17) is 23.9 Å². The van der Waals surface area contributed by atoms with Crippen LogP contribution < -0.4 is 0 Å². The van der Waals surface area contributed by atoms with Gasteiger partial charge in [0.05, 0.1) is 21.1 Å². The van der Waals surface area contributed by atoms with Gasteiger partial charge in [0, 0.05) is 7.05 Å². The summed E-state index contributed by atoms with van der Waals surface area (Å²) < 4.78 is 35.7. The molecule has 27 heavy (non-hydrogen) atoms. The van der Waals surface area contributed by atoms with Crippen LogP contribution in [0.15, 0.2) is 0 Å². The minimum atomic E-state index is -2.71. The van der Waals surface area contributed by atoms with Crippen LogP contribution in [0.1, 0.15) is 56.8 Å². The van der Waals surface area contributed by atoms with Crippen LogP contribution in [0.3, 0.4) is 0 Å². The Balaban J connectivity index is 2.14. The molecule has 8 heteroatoms. The average molecular weight is 420 g/mol. The minimum Gasteiger partial charge on any atom is -0.414 e. The SMILES string of the molecule is [3H][C@@H]1O[C@]23CO[Si](C(C)C)(C(C)C)O[Si](C(C)C)(C(C)C)OC2[C@@H]1ON(C)C3. The summed E-state index contributed by atoms with van der Waals surface area (Å²) in [4.78, 5) is 5.97. The van der Waals surface area contributed by atoms with Crippen molar-refractivity contribution in [2.75, 3.05) is 26.8 Å². The summed E-state index contributed by atoms with van der Waals surface area (Å²) in [6, 6.07) is 0. The smallest absolute Gasteiger partial charge is 0.335 e. The highest BCUT2D eigenvalue weighted by Gasteiger charge is 2.66. The van der Waals surface area contributed by atoms with Crippen molar-refractivity contribution in [1.82, 2.24) is 5.06 Å². The predicted molar refractivity (Wildman–Crippen MR) is 110 cm³/mol. The number of hydroxylamine groups is 2. The Hall–Kier alpha value is 0.194. The maximum atomic E-state index is 8.47. The first kappa shape index (κ1) is 20.5. The topological polar surface area (TPSA) is 49.4 Å². The van der Waals surface area contributed by atoms with Crippen LogP contribution in [0.5, 0.6) is 0 Å². The summed E-state index contributed by atoms with van der Waals surface area (Å²) >= 11 is 0. The average Bonchev–Trinajstić information content (AvgIpc) is 2.70. The van der Waals surface area contributed by atoms with Gasteiger partial charge in [0.1, 0.15) is 17.8 Å². The van der Waals surface area contributed by atoms with E-state index in [1.807, 2.05) is 7.05 Å². The highest BCUT2D eigenvalue weighted by molar-refractivity contribution is 6.84. The van der Waals surface area contributed by atoms with Crippen molar-refractivity contribution >= 4 is 17.1 Å². The lowest BCUT2D eigenvalue weighted by Crippen LogP contribution is -2.71. The van der Waals surface area contributed by atoms with E-state index in [1.54, 1.807) is 5.06 Å². The fraction of sp³-hybridized carbons (Fsp3) is 1.00. The van der Waals surface area contributed by atoms with E-state index >= 15 is 0 Å².